The fourth-order valence-electron chi connectivity index (χ4n) is 4.84. The van der Waals surface area contributed by atoms with Crippen LogP contribution >= 0.6 is 0 Å². The van der Waals surface area contributed by atoms with Crippen LogP contribution in [0.5, 0.6) is 0 Å². The molecule has 3 aromatic carbocycles. The van der Waals surface area contributed by atoms with Gasteiger partial charge in [0.25, 0.3) is 0 Å². The van der Waals surface area contributed by atoms with Crippen LogP contribution in [0.2, 0.25) is 0 Å². The first kappa shape index (κ1) is 26.1. The highest BCUT2D eigenvalue weighted by Gasteiger charge is 2.48. The number of anilines is 1. The predicted molar refractivity (Wildman–Crippen MR) is 150 cm³/mol. The Kier molecular flexibility index (Phi) is 8.06. The van der Waals surface area contributed by atoms with Crippen molar-refractivity contribution in [3.8, 4) is 0 Å². The Morgan fingerprint density at radius 2 is 1.30 bits per heavy atom. The highest BCUT2D eigenvalue weighted by Crippen LogP contribution is 2.36. The summed E-state index contributed by atoms with van der Waals surface area (Å²) < 4.78 is 27.5. The third-order valence-corrected chi connectivity index (χ3v) is 6.88. The molecule has 9 heteroatoms. The van der Waals surface area contributed by atoms with Gasteiger partial charge in [0.2, 0.25) is 0 Å². The largest absolute Gasteiger partial charge is 0.383 e. The van der Waals surface area contributed by atoms with Crippen molar-refractivity contribution >= 4 is 16.9 Å². The first-order valence-corrected chi connectivity index (χ1v) is 13.3. The number of nitrogens with two attached hydrogens (primary N) is 1. The van der Waals surface area contributed by atoms with Crippen LogP contribution in [0, 0.1) is 0 Å². The van der Waals surface area contributed by atoms with E-state index in [0.29, 0.717) is 43.3 Å². The van der Waals surface area contributed by atoms with E-state index in [2.05, 4.69) is 15.1 Å². The maximum Gasteiger partial charge on any atom is 0.186 e. The first-order valence-electron chi connectivity index (χ1n) is 13.3. The summed E-state index contributed by atoms with van der Waals surface area (Å²) in [6, 6.07) is 30.1. The molecule has 1 aliphatic rings. The molecule has 0 aliphatic carbocycles. The van der Waals surface area contributed by atoms with Gasteiger partial charge < -0.3 is 24.7 Å². The average Bonchev–Trinajstić information content (AvgIpc) is 3.59. The first-order chi connectivity index (χ1) is 19.7. The summed E-state index contributed by atoms with van der Waals surface area (Å²) >= 11 is 0. The minimum Gasteiger partial charge on any atom is -0.383 e. The van der Waals surface area contributed by atoms with Gasteiger partial charge in [-0.3, -0.25) is 0 Å². The minimum absolute atomic E-state index is 0.318. The molecule has 1 saturated heterocycles. The van der Waals surface area contributed by atoms with Gasteiger partial charge in [-0.05, 0) is 16.7 Å². The van der Waals surface area contributed by atoms with Gasteiger partial charge in [0.1, 0.15) is 30.5 Å². The van der Waals surface area contributed by atoms with Crippen LogP contribution in [0.1, 0.15) is 22.9 Å². The van der Waals surface area contributed by atoms with E-state index in [1.807, 2.05) is 91.0 Å². The summed E-state index contributed by atoms with van der Waals surface area (Å²) in [5.74, 6) is 0.357. The van der Waals surface area contributed by atoms with Crippen molar-refractivity contribution < 1.29 is 18.9 Å². The van der Waals surface area contributed by atoms with E-state index in [4.69, 9.17) is 24.7 Å². The quantitative estimate of drug-likeness (QED) is 0.259. The molecular weight excluding hydrogens is 506 g/mol. The van der Waals surface area contributed by atoms with Crippen molar-refractivity contribution in [1.82, 2.24) is 19.7 Å². The third kappa shape index (κ3) is 6.03. The van der Waals surface area contributed by atoms with Gasteiger partial charge in [-0.1, -0.05) is 91.0 Å². The van der Waals surface area contributed by atoms with Crippen molar-refractivity contribution in [2.75, 3.05) is 12.3 Å². The smallest absolute Gasteiger partial charge is 0.186 e. The van der Waals surface area contributed by atoms with Crippen LogP contribution in [-0.4, -0.2) is 44.7 Å². The third-order valence-electron chi connectivity index (χ3n) is 6.88. The lowest BCUT2D eigenvalue weighted by Crippen LogP contribution is -2.38. The molecule has 40 heavy (non-hydrogen) atoms. The predicted octanol–water partition coefficient (Wildman–Crippen LogP) is 4.69. The fourth-order valence-corrected chi connectivity index (χ4v) is 4.84. The second kappa shape index (κ2) is 12.4. The van der Waals surface area contributed by atoms with E-state index in [9.17, 15) is 0 Å². The van der Waals surface area contributed by atoms with E-state index < -0.39 is 24.5 Å². The lowest BCUT2D eigenvalue weighted by Gasteiger charge is -2.25. The Bertz CT molecular complexity index is 1500. The average molecular weight is 538 g/mol. The molecular formula is C31H31N5O4. The molecule has 0 unspecified atom stereocenters. The number of nitrogen functional groups attached to an aromatic ring is 1. The minimum atomic E-state index is -0.594. The maximum absolute atomic E-state index is 6.59. The summed E-state index contributed by atoms with van der Waals surface area (Å²) in [5, 5.41) is 5.31. The number of ether oxygens (including phenoxy) is 4. The lowest BCUT2D eigenvalue weighted by atomic mass is 10.1. The van der Waals surface area contributed by atoms with Gasteiger partial charge >= 0.3 is 0 Å². The number of fused-ring (bicyclic) bond motifs is 1. The molecule has 9 nitrogen and oxygen atoms in total. The van der Waals surface area contributed by atoms with E-state index in [-0.39, 0.29) is 0 Å². The molecule has 0 bridgehead atoms. The molecule has 5 aromatic rings. The molecule has 0 radical (unpaired) electrons. The summed E-state index contributed by atoms with van der Waals surface area (Å²) in [6.45, 7) is 1.57. The van der Waals surface area contributed by atoms with E-state index >= 15 is 0 Å². The molecule has 2 aromatic heterocycles. The Morgan fingerprint density at radius 1 is 0.725 bits per heavy atom. The number of hydrogen-bond acceptors (Lipinski definition) is 8. The van der Waals surface area contributed by atoms with Crippen LogP contribution < -0.4 is 5.73 Å². The molecule has 0 spiro atoms. The molecule has 1 aliphatic heterocycles. The monoisotopic (exact) mass is 537 g/mol. The molecule has 0 saturated carbocycles. The highest BCUT2D eigenvalue weighted by atomic mass is 16.6. The Morgan fingerprint density at radius 3 is 1.90 bits per heavy atom. The normalized spacial score (nSPS) is 20.7. The molecule has 204 valence electrons. The Balaban J connectivity index is 1.28. The molecule has 1 fully saturated rings. The van der Waals surface area contributed by atoms with Gasteiger partial charge in [-0.25, -0.2) is 14.6 Å². The summed E-state index contributed by atoms with van der Waals surface area (Å²) in [5.41, 5.74) is 9.79. The van der Waals surface area contributed by atoms with Gasteiger partial charge in [-0.2, -0.15) is 0 Å². The summed E-state index contributed by atoms with van der Waals surface area (Å²) in [4.78, 5) is 8.38. The van der Waals surface area contributed by atoms with Crippen molar-refractivity contribution in [1.29, 1.82) is 0 Å². The van der Waals surface area contributed by atoms with Gasteiger partial charge in [-0.15, -0.1) is 5.10 Å². The van der Waals surface area contributed by atoms with Crippen LogP contribution in [-0.2, 0) is 38.8 Å². The number of rotatable bonds is 11. The lowest BCUT2D eigenvalue weighted by molar-refractivity contribution is -0.0932. The van der Waals surface area contributed by atoms with E-state index in [0.717, 1.165) is 16.7 Å². The van der Waals surface area contributed by atoms with Crippen molar-refractivity contribution in [2.24, 2.45) is 0 Å². The van der Waals surface area contributed by atoms with Crippen LogP contribution in [0.15, 0.2) is 104 Å². The molecule has 6 rings (SSSR count). The summed E-state index contributed by atoms with van der Waals surface area (Å²) in [6.07, 6.45) is 1.28. The Labute approximate surface area is 232 Å². The molecule has 0 amide bonds. The second-order valence-electron chi connectivity index (χ2n) is 9.69. The maximum atomic E-state index is 6.59. The van der Waals surface area contributed by atoms with Gasteiger partial charge in [0.15, 0.2) is 11.9 Å². The SMILES string of the molecule is Nc1ncnc2nn([C@@H]3O[C@H](COCc4ccccc4)[C@@H](OCc4ccccc4)[C@@H]3OCc3ccccc3)cc12. The van der Waals surface area contributed by atoms with Gasteiger partial charge in [0.05, 0.1) is 31.8 Å². The highest BCUT2D eigenvalue weighted by molar-refractivity contribution is 5.84. The zero-order chi connectivity index (χ0) is 27.1. The molecule has 2 N–H and O–H groups in total. The molecule has 3 heterocycles. The van der Waals surface area contributed by atoms with Crippen molar-refractivity contribution in [3.63, 3.8) is 0 Å². The Hall–Kier alpha value is -4.15. The zero-order valence-corrected chi connectivity index (χ0v) is 22.0. The van der Waals surface area contributed by atoms with E-state index in [1.165, 1.54) is 6.33 Å². The van der Waals surface area contributed by atoms with Crippen molar-refractivity contribution in [2.45, 2.75) is 44.4 Å². The molecule has 4 atom stereocenters. The van der Waals surface area contributed by atoms with Crippen LogP contribution in [0.4, 0.5) is 5.82 Å². The second-order valence-corrected chi connectivity index (χ2v) is 9.69. The van der Waals surface area contributed by atoms with Crippen LogP contribution in [0.25, 0.3) is 11.0 Å². The number of hydrogen-bond donors (Lipinski definition) is 1. The van der Waals surface area contributed by atoms with Gasteiger partial charge in [0, 0.05) is 6.20 Å². The zero-order valence-electron chi connectivity index (χ0n) is 22.0. The topological polar surface area (TPSA) is 107 Å². The van der Waals surface area contributed by atoms with E-state index in [1.54, 1.807) is 10.9 Å². The fraction of sp³-hybridized carbons (Fsp3) is 0.258. The number of aromatic nitrogens is 4. The van der Waals surface area contributed by atoms with Crippen LogP contribution in [0.3, 0.4) is 0 Å². The number of benzene rings is 3. The number of nitrogens with zero attached hydrogens (tertiary/aromatic N) is 4. The van der Waals surface area contributed by atoms with Crippen molar-refractivity contribution in [3.05, 3.63) is 120 Å². The standard InChI is InChI=1S/C31H31N5O4/c32-29-25-16-36(35-30(25)34-21-33-29)31-28(39-19-24-14-8-3-9-15-24)27(38-18-23-12-6-2-7-13-23)26(40-31)20-37-17-22-10-4-1-5-11-22/h1-16,21,26-28,31H,17-20H2,(H2,32,33,34,35)/t26-,27-,28+,31-/m1/s1. The summed E-state index contributed by atoms with van der Waals surface area (Å²) in [7, 11) is 0.